The summed E-state index contributed by atoms with van der Waals surface area (Å²) in [5.74, 6) is 2.98. The molecule has 0 aromatic carbocycles. The van der Waals surface area contributed by atoms with Gasteiger partial charge in [-0.25, -0.2) is 0 Å². The molecule has 3 unspecified atom stereocenters. The summed E-state index contributed by atoms with van der Waals surface area (Å²) in [6.45, 7) is 4.42. The molecule has 0 saturated heterocycles. The molecule has 0 aliphatic heterocycles. The van der Waals surface area contributed by atoms with Gasteiger partial charge in [0.2, 0.25) is 0 Å². The Labute approximate surface area is 92.8 Å². The first-order valence-corrected chi connectivity index (χ1v) is 6.31. The fraction of sp³-hybridized carbons (Fsp3) is 0.600. The highest BCUT2D eigenvalue weighted by Crippen LogP contribution is 2.52. The molecule has 0 heteroatoms. The molecule has 0 amide bonds. The maximum Gasteiger partial charge on any atom is -0.0131 e. The second kappa shape index (κ2) is 3.37. The zero-order chi connectivity index (χ0) is 10.4. The molecule has 2 saturated carbocycles. The van der Waals surface area contributed by atoms with E-state index in [2.05, 4.69) is 32.1 Å². The Bertz CT molecular complexity index is 363. The van der Waals surface area contributed by atoms with E-state index in [1.165, 1.54) is 36.8 Å². The van der Waals surface area contributed by atoms with E-state index in [9.17, 15) is 0 Å². The Hall–Kier alpha value is -0.780. The van der Waals surface area contributed by atoms with Crippen molar-refractivity contribution in [2.75, 3.05) is 0 Å². The van der Waals surface area contributed by atoms with Gasteiger partial charge in [0.15, 0.2) is 0 Å². The second-order valence-corrected chi connectivity index (χ2v) is 5.71. The van der Waals surface area contributed by atoms with Crippen molar-refractivity contribution in [2.45, 2.75) is 39.5 Å². The predicted molar refractivity (Wildman–Crippen MR) is 64.5 cm³/mol. The highest BCUT2D eigenvalue weighted by Gasteiger charge is 2.40. The van der Waals surface area contributed by atoms with Crippen LogP contribution in [-0.2, 0) is 0 Å². The molecule has 2 bridgehead atoms. The molecule has 0 nitrogen and oxygen atoms in total. The van der Waals surface area contributed by atoms with E-state index in [1.54, 1.807) is 5.57 Å². The van der Waals surface area contributed by atoms with Crippen LogP contribution in [-0.4, -0.2) is 0 Å². The Morgan fingerprint density at radius 2 is 2.00 bits per heavy atom. The molecule has 3 rings (SSSR count). The monoisotopic (exact) mass is 200 g/mol. The minimum atomic E-state index is 0.900. The maximum absolute atomic E-state index is 2.43. The second-order valence-electron chi connectivity index (χ2n) is 5.71. The SMILES string of the molecule is CC(C)=C1C=CC(C2CC3CCC2C3)=C1. The number of hydrogen-bond donors (Lipinski definition) is 0. The molecular weight excluding hydrogens is 180 g/mol. The van der Waals surface area contributed by atoms with Gasteiger partial charge in [-0.05, 0) is 62.0 Å². The molecular formula is C15H20. The molecule has 0 aromatic heterocycles. The molecule has 0 aromatic rings. The molecule has 3 aliphatic rings. The molecule has 0 N–H and O–H groups in total. The van der Waals surface area contributed by atoms with Crippen molar-refractivity contribution in [3.63, 3.8) is 0 Å². The average Bonchev–Trinajstić information content (AvgIpc) is 2.93. The van der Waals surface area contributed by atoms with E-state index in [0.29, 0.717) is 0 Å². The van der Waals surface area contributed by atoms with Crippen molar-refractivity contribution in [2.24, 2.45) is 17.8 Å². The van der Waals surface area contributed by atoms with Crippen molar-refractivity contribution in [1.29, 1.82) is 0 Å². The minimum Gasteiger partial charge on any atom is -0.0692 e. The van der Waals surface area contributed by atoms with E-state index in [-0.39, 0.29) is 0 Å². The highest BCUT2D eigenvalue weighted by atomic mass is 14.5. The average molecular weight is 200 g/mol. The first-order chi connectivity index (χ1) is 7.24. The lowest BCUT2D eigenvalue weighted by Gasteiger charge is -2.21. The Morgan fingerprint density at radius 1 is 1.13 bits per heavy atom. The van der Waals surface area contributed by atoms with Crippen LogP contribution in [0.25, 0.3) is 0 Å². The van der Waals surface area contributed by atoms with E-state index in [4.69, 9.17) is 0 Å². The lowest BCUT2D eigenvalue weighted by Crippen LogP contribution is -2.11. The van der Waals surface area contributed by atoms with Gasteiger partial charge in [0.1, 0.15) is 0 Å². The molecule has 80 valence electrons. The summed E-state index contributed by atoms with van der Waals surface area (Å²) in [6, 6.07) is 0. The highest BCUT2D eigenvalue weighted by molar-refractivity contribution is 5.49. The van der Waals surface area contributed by atoms with Gasteiger partial charge >= 0.3 is 0 Å². The third kappa shape index (κ3) is 1.51. The van der Waals surface area contributed by atoms with Gasteiger partial charge in [-0.15, -0.1) is 0 Å². The summed E-state index contributed by atoms with van der Waals surface area (Å²) in [7, 11) is 0. The lowest BCUT2D eigenvalue weighted by atomic mass is 9.83. The normalized spacial score (nSPS) is 37.6. The molecule has 2 fully saturated rings. The molecule has 0 radical (unpaired) electrons. The number of fused-ring (bicyclic) bond motifs is 2. The lowest BCUT2D eigenvalue weighted by molar-refractivity contribution is 0.384. The minimum absolute atomic E-state index is 0.900. The van der Waals surface area contributed by atoms with Crippen molar-refractivity contribution in [3.05, 3.63) is 34.9 Å². The van der Waals surface area contributed by atoms with Gasteiger partial charge in [0.25, 0.3) is 0 Å². The fourth-order valence-corrected chi connectivity index (χ4v) is 3.66. The summed E-state index contributed by atoms with van der Waals surface area (Å²) in [5, 5.41) is 0. The zero-order valence-electron chi connectivity index (χ0n) is 9.79. The third-order valence-corrected chi connectivity index (χ3v) is 4.52. The summed E-state index contributed by atoms with van der Waals surface area (Å²) >= 11 is 0. The smallest absolute Gasteiger partial charge is 0.0131 e. The van der Waals surface area contributed by atoms with Crippen molar-refractivity contribution in [3.8, 4) is 0 Å². The number of rotatable bonds is 1. The molecule has 3 atom stereocenters. The van der Waals surface area contributed by atoms with E-state index < -0.39 is 0 Å². The Kier molecular flexibility index (Phi) is 2.12. The van der Waals surface area contributed by atoms with Crippen LogP contribution < -0.4 is 0 Å². The van der Waals surface area contributed by atoms with Crippen molar-refractivity contribution < 1.29 is 0 Å². The number of allylic oxidation sites excluding steroid dienone is 6. The standard InChI is InChI=1S/C15H20/c1-10(2)12-5-6-14(9-12)15-8-11-3-4-13(15)7-11/h5-6,9,11,13,15H,3-4,7-8H2,1-2H3. The van der Waals surface area contributed by atoms with E-state index in [0.717, 1.165) is 17.8 Å². The van der Waals surface area contributed by atoms with Gasteiger partial charge in [-0.2, -0.15) is 0 Å². The van der Waals surface area contributed by atoms with Crippen LogP contribution >= 0.6 is 0 Å². The molecule has 0 spiro atoms. The fourth-order valence-electron chi connectivity index (χ4n) is 3.66. The van der Waals surface area contributed by atoms with Crippen LogP contribution in [0.1, 0.15) is 39.5 Å². The summed E-state index contributed by atoms with van der Waals surface area (Å²) in [6.07, 6.45) is 13.1. The summed E-state index contributed by atoms with van der Waals surface area (Å²) < 4.78 is 0. The Morgan fingerprint density at radius 3 is 2.53 bits per heavy atom. The topological polar surface area (TPSA) is 0 Å². The molecule has 15 heavy (non-hydrogen) atoms. The van der Waals surface area contributed by atoms with Crippen LogP contribution in [0.5, 0.6) is 0 Å². The van der Waals surface area contributed by atoms with Gasteiger partial charge in [0.05, 0.1) is 0 Å². The van der Waals surface area contributed by atoms with Crippen LogP contribution in [0.4, 0.5) is 0 Å². The summed E-state index contributed by atoms with van der Waals surface area (Å²) in [4.78, 5) is 0. The van der Waals surface area contributed by atoms with Crippen LogP contribution in [0.2, 0.25) is 0 Å². The van der Waals surface area contributed by atoms with E-state index >= 15 is 0 Å². The van der Waals surface area contributed by atoms with Gasteiger partial charge < -0.3 is 0 Å². The number of hydrogen-bond acceptors (Lipinski definition) is 0. The van der Waals surface area contributed by atoms with Crippen LogP contribution in [0.3, 0.4) is 0 Å². The molecule has 0 heterocycles. The quantitative estimate of drug-likeness (QED) is 0.593. The first kappa shape index (κ1) is 9.45. The zero-order valence-corrected chi connectivity index (χ0v) is 9.79. The van der Waals surface area contributed by atoms with E-state index in [1.807, 2.05) is 0 Å². The van der Waals surface area contributed by atoms with Crippen LogP contribution in [0.15, 0.2) is 34.9 Å². The van der Waals surface area contributed by atoms with Crippen molar-refractivity contribution >= 4 is 0 Å². The molecule has 3 aliphatic carbocycles. The Balaban J connectivity index is 1.83. The first-order valence-electron chi connectivity index (χ1n) is 6.31. The maximum atomic E-state index is 2.43. The van der Waals surface area contributed by atoms with Gasteiger partial charge in [-0.1, -0.05) is 30.2 Å². The van der Waals surface area contributed by atoms with Crippen LogP contribution in [0, 0.1) is 17.8 Å². The summed E-state index contributed by atoms with van der Waals surface area (Å²) in [5.41, 5.74) is 4.52. The van der Waals surface area contributed by atoms with Crippen molar-refractivity contribution in [1.82, 2.24) is 0 Å². The van der Waals surface area contributed by atoms with Gasteiger partial charge in [-0.3, -0.25) is 0 Å². The largest absolute Gasteiger partial charge is 0.0692 e. The third-order valence-electron chi connectivity index (χ3n) is 4.52. The predicted octanol–water partition coefficient (Wildman–Crippen LogP) is 4.26. The van der Waals surface area contributed by atoms with Gasteiger partial charge in [0, 0.05) is 0 Å².